The molecule has 1 radical (unpaired) electrons. The lowest BCUT2D eigenvalue weighted by Gasteiger charge is -2.21. The summed E-state index contributed by atoms with van der Waals surface area (Å²) in [6.07, 6.45) is 19.4. The summed E-state index contributed by atoms with van der Waals surface area (Å²) in [6.45, 7) is 5.51. The number of hydrogen-bond acceptors (Lipinski definition) is 5. The molecule has 1 aliphatic heterocycles. The van der Waals surface area contributed by atoms with Crippen molar-refractivity contribution in [3.63, 3.8) is 0 Å². The molecule has 2 aromatic rings. The van der Waals surface area contributed by atoms with Crippen molar-refractivity contribution >= 4 is 15.7 Å². The fourth-order valence-electron chi connectivity index (χ4n) is 4.99. The van der Waals surface area contributed by atoms with Crippen LogP contribution in [-0.4, -0.2) is 35.2 Å². The molecule has 203 valence electrons. The van der Waals surface area contributed by atoms with Gasteiger partial charge in [0.05, 0.1) is 10.6 Å². The van der Waals surface area contributed by atoms with Gasteiger partial charge in [-0.05, 0) is 80.8 Å². The maximum atomic E-state index is 13.3. The molecule has 2 aromatic carbocycles. The monoisotopic (exact) mass is 535 g/mol. The van der Waals surface area contributed by atoms with E-state index in [9.17, 15) is 8.42 Å². The van der Waals surface area contributed by atoms with Crippen molar-refractivity contribution in [2.24, 2.45) is 5.92 Å². The SMILES string of the molecule is CNCC(CCCCC1[CH]\C=C/C=C\C=C/1)c1ccc(S(=O)(=O)Nc2cc3c(cc2C)OCCO3)c(C)c1. The summed E-state index contributed by atoms with van der Waals surface area (Å²) >= 11 is 0. The molecule has 0 bridgehead atoms. The number of likely N-dealkylation sites (N-methyl/N-ethyl adjacent to an activating group) is 1. The second-order valence-corrected chi connectivity index (χ2v) is 11.6. The average molecular weight is 536 g/mol. The second kappa shape index (κ2) is 13.2. The highest BCUT2D eigenvalue weighted by Crippen LogP contribution is 2.36. The molecule has 0 saturated carbocycles. The molecule has 0 amide bonds. The largest absolute Gasteiger partial charge is 0.486 e. The topological polar surface area (TPSA) is 76.7 Å². The van der Waals surface area contributed by atoms with E-state index < -0.39 is 10.0 Å². The zero-order valence-electron chi connectivity index (χ0n) is 22.6. The third-order valence-corrected chi connectivity index (χ3v) is 8.57. The van der Waals surface area contributed by atoms with Gasteiger partial charge in [-0.15, -0.1) is 0 Å². The first kappa shape index (κ1) is 28.0. The number of allylic oxidation sites excluding steroid dienone is 6. The predicted octanol–water partition coefficient (Wildman–Crippen LogP) is 6.24. The molecule has 0 aromatic heterocycles. The number of ether oxygens (including phenoxy) is 2. The molecule has 1 aliphatic carbocycles. The highest BCUT2D eigenvalue weighted by molar-refractivity contribution is 7.92. The number of nitrogens with one attached hydrogen (secondary N) is 2. The molecular formula is C31H39N2O4S. The van der Waals surface area contributed by atoms with E-state index in [-0.39, 0.29) is 4.90 Å². The predicted molar refractivity (Wildman–Crippen MR) is 155 cm³/mol. The Kier molecular flexibility index (Phi) is 9.69. The maximum absolute atomic E-state index is 13.3. The van der Waals surface area contributed by atoms with Crippen molar-refractivity contribution in [1.29, 1.82) is 0 Å². The van der Waals surface area contributed by atoms with Crippen molar-refractivity contribution in [3.05, 3.63) is 89.9 Å². The lowest BCUT2D eigenvalue weighted by Crippen LogP contribution is -2.19. The quantitative estimate of drug-likeness (QED) is 0.333. The van der Waals surface area contributed by atoms with Gasteiger partial charge in [-0.3, -0.25) is 4.72 Å². The number of aryl methyl sites for hydroxylation is 2. The molecule has 6 nitrogen and oxygen atoms in total. The minimum Gasteiger partial charge on any atom is -0.486 e. The second-order valence-electron chi connectivity index (χ2n) is 9.99. The highest BCUT2D eigenvalue weighted by Gasteiger charge is 2.22. The summed E-state index contributed by atoms with van der Waals surface area (Å²) in [5, 5.41) is 3.31. The van der Waals surface area contributed by atoms with E-state index in [1.807, 2.05) is 45.2 Å². The normalized spacial score (nSPS) is 20.1. The fraction of sp³-hybridized carbons (Fsp3) is 0.387. The summed E-state index contributed by atoms with van der Waals surface area (Å²) in [7, 11) is -1.80. The van der Waals surface area contributed by atoms with E-state index >= 15 is 0 Å². The first-order chi connectivity index (χ1) is 18.4. The summed E-state index contributed by atoms with van der Waals surface area (Å²) in [5.41, 5.74) is 3.17. The minimum absolute atomic E-state index is 0.285. The highest BCUT2D eigenvalue weighted by atomic mass is 32.2. The molecule has 2 N–H and O–H groups in total. The van der Waals surface area contributed by atoms with Crippen LogP contribution < -0.4 is 19.5 Å². The molecule has 4 rings (SSSR count). The van der Waals surface area contributed by atoms with Crippen molar-refractivity contribution in [1.82, 2.24) is 5.32 Å². The smallest absolute Gasteiger partial charge is 0.262 e. The van der Waals surface area contributed by atoms with Gasteiger partial charge in [0, 0.05) is 12.6 Å². The maximum Gasteiger partial charge on any atom is 0.262 e. The van der Waals surface area contributed by atoms with Crippen LogP contribution in [0.5, 0.6) is 11.5 Å². The number of anilines is 1. The summed E-state index contributed by atoms with van der Waals surface area (Å²) < 4.78 is 40.7. The molecule has 0 fully saturated rings. The third-order valence-electron chi connectivity index (χ3n) is 7.05. The van der Waals surface area contributed by atoms with E-state index in [1.54, 1.807) is 12.1 Å². The lowest BCUT2D eigenvalue weighted by molar-refractivity contribution is 0.171. The number of hydrogen-bond donors (Lipinski definition) is 2. The Labute approximate surface area is 227 Å². The Morgan fingerprint density at radius 2 is 1.66 bits per heavy atom. The Morgan fingerprint density at radius 1 is 0.921 bits per heavy atom. The molecule has 0 spiro atoms. The van der Waals surface area contributed by atoms with Gasteiger partial charge in [-0.25, -0.2) is 8.42 Å². The number of fused-ring (bicyclic) bond motifs is 1. The number of sulfonamides is 1. The van der Waals surface area contributed by atoms with Gasteiger partial charge in [0.2, 0.25) is 0 Å². The number of rotatable bonds is 11. The molecule has 2 atom stereocenters. The van der Waals surface area contributed by atoms with Crippen LogP contribution in [0.2, 0.25) is 0 Å². The molecule has 7 heteroatoms. The van der Waals surface area contributed by atoms with Gasteiger partial charge in [-0.2, -0.15) is 0 Å². The molecular weight excluding hydrogens is 496 g/mol. The Balaban J connectivity index is 1.41. The van der Waals surface area contributed by atoms with Gasteiger partial charge in [-0.1, -0.05) is 61.4 Å². The van der Waals surface area contributed by atoms with Crippen LogP contribution in [-0.2, 0) is 10.0 Å². The minimum atomic E-state index is -3.77. The summed E-state index contributed by atoms with van der Waals surface area (Å²) in [5.74, 6) is 1.98. The fourth-order valence-corrected chi connectivity index (χ4v) is 6.34. The third kappa shape index (κ3) is 7.29. The van der Waals surface area contributed by atoms with Crippen molar-refractivity contribution < 1.29 is 17.9 Å². The number of unbranched alkanes of at least 4 members (excludes halogenated alkanes) is 1. The van der Waals surface area contributed by atoms with Crippen molar-refractivity contribution in [3.8, 4) is 11.5 Å². The zero-order chi connectivity index (χ0) is 27.0. The lowest BCUT2D eigenvalue weighted by atomic mass is 9.90. The van der Waals surface area contributed by atoms with Crippen molar-refractivity contribution in [2.75, 3.05) is 31.5 Å². The van der Waals surface area contributed by atoms with Crippen LogP contribution in [0, 0.1) is 26.2 Å². The summed E-state index contributed by atoms with van der Waals surface area (Å²) in [4.78, 5) is 0.285. The van der Waals surface area contributed by atoms with E-state index in [0.29, 0.717) is 42.2 Å². The molecule has 38 heavy (non-hydrogen) atoms. The first-order valence-corrected chi connectivity index (χ1v) is 14.9. The van der Waals surface area contributed by atoms with Crippen LogP contribution >= 0.6 is 0 Å². The van der Waals surface area contributed by atoms with E-state index in [4.69, 9.17) is 9.47 Å². The zero-order valence-corrected chi connectivity index (χ0v) is 23.4. The van der Waals surface area contributed by atoms with E-state index in [0.717, 1.165) is 48.9 Å². The van der Waals surface area contributed by atoms with Gasteiger partial charge >= 0.3 is 0 Å². The van der Waals surface area contributed by atoms with Gasteiger partial charge in [0.25, 0.3) is 10.0 Å². The van der Waals surface area contributed by atoms with E-state index in [2.05, 4.69) is 46.8 Å². The Morgan fingerprint density at radius 3 is 2.42 bits per heavy atom. The standard InChI is InChI=1S/C31H39N2O4S/c1-23-20-29-30(37-18-17-36-29)21-28(23)33-38(34,35)31-16-15-26(19-24(31)2)27(22-32-3)14-10-9-13-25-11-7-5-4-6-8-12-25/h4-8,11-12,15-16,19-21,25,27,32-33H,9-10,13-14,17-18,22H2,1-3H3/b5-4-,8-6-,11-7-. The van der Waals surface area contributed by atoms with Crippen molar-refractivity contribution in [2.45, 2.75) is 50.3 Å². The molecule has 2 aliphatic rings. The summed E-state index contributed by atoms with van der Waals surface area (Å²) in [6, 6.07) is 9.23. The Bertz CT molecular complexity index is 1300. The van der Waals surface area contributed by atoms with Crippen LogP contribution in [0.1, 0.15) is 48.3 Å². The Hall–Kier alpha value is -3.03. The van der Waals surface area contributed by atoms with Crippen LogP contribution in [0.25, 0.3) is 0 Å². The van der Waals surface area contributed by atoms with Gasteiger partial charge in [0.15, 0.2) is 11.5 Å². The van der Waals surface area contributed by atoms with E-state index in [1.165, 1.54) is 0 Å². The molecule has 2 unspecified atom stereocenters. The average Bonchev–Trinajstić information content (AvgIpc) is 2.87. The molecule has 0 saturated heterocycles. The van der Waals surface area contributed by atoms with Crippen LogP contribution in [0.3, 0.4) is 0 Å². The molecule has 1 heterocycles. The first-order valence-electron chi connectivity index (χ1n) is 13.4. The van der Waals surface area contributed by atoms with Gasteiger partial charge < -0.3 is 14.8 Å². The van der Waals surface area contributed by atoms with Crippen LogP contribution in [0.4, 0.5) is 5.69 Å². The number of benzene rings is 2. The van der Waals surface area contributed by atoms with Crippen LogP contribution in [0.15, 0.2) is 71.7 Å². The van der Waals surface area contributed by atoms with Gasteiger partial charge in [0.1, 0.15) is 13.2 Å².